The zero-order valence-corrected chi connectivity index (χ0v) is 15.0. The third kappa shape index (κ3) is 4.27. The largest absolute Gasteiger partial charge is 0.368 e. The van der Waals surface area contributed by atoms with Gasteiger partial charge in [-0.1, -0.05) is 11.6 Å². The summed E-state index contributed by atoms with van der Waals surface area (Å²) in [6, 6.07) is 5.41. The van der Waals surface area contributed by atoms with Crippen molar-refractivity contribution in [2.75, 3.05) is 54.4 Å². The van der Waals surface area contributed by atoms with Crippen LogP contribution in [0.3, 0.4) is 0 Å². The highest BCUT2D eigenvalue weighted by Crippen LogP contribution is 2.31. The van der Waals surface area contributed by atoms with E-state index in [-0.39, 0.29) is 11.9 Å². The van der Waals surface area contributed by atoms with E-state index < -0.39 is 0 Å². The average molecular weight is 369 g/mol. The summed E-state index contributed by atoms with van der Waals surface area (Å²) in [7, 11) is 0. The van der Waals surface area contributed by atoms with Crippen LogP contribution < -0.4 is 15.5 Å². The summed E-state index contributed by atoms with van der Waals surface area (Å²) in [5.74, 6) is 2.14. The molecule has 130 valence electrons. The maximum Gasteiger partial charge on any atom is 0.321 e. The number of nitrogens with zero attached hydrogens (tertiary/aromatic N) is 2. The molecule has 24 heavy (non-hydrogen) atoms. The third-order valence-corrected chi connectivity index (χ3v) is 5.33. The lowest BCUT2D eigenvalue weighted by molar-refractivity contribution is -0.120. The molecule has 2 heterocycles. The van der Waals surface area contributed by atoms with Gasteiger partial charge in [0.25, 0.3) is 0 Å². The van der Waals surface area contributed by atoms with Gasteiger partial charge in [0, 0.05) is 55.7 Å². The van der Waals surface area contributed by atoms with Crippen molar-refractivity contribution in [3.63, 3.8) is 0 Å². The normalized spacial score (nSPS) is 18.8. The molecule has 0 spiro atoms. The Morgan fingerprint density at radius 2 is 2.00 bits per heavy atom. The fourth-order valence-corrected chi connectivity index (χ4v) is 3.93. The number of benzene rings is 1. The third-order valence-electron chi connectivity index (χ3n) is 4.15. The molecule has 6 nitrogen and oxygen atoms in total. The first kappa shape index (κ1) is 17.2. The SMILES string of the molecule is O=C1CCN(C(=O)Nc2cc(Cl)ccc2N2CCSCC2)CCN1. The summed E-state index contributed by atoms with van der Waals surface area (Å²) in [6.07, 6.45) is 0.333. The fraction of sp³-hybridized carbons (Fsp3) is 0.500. The lowest BCUT2D eigenvalue weighted by Gasteiger charge is -2.31. The molecular formula is C16H21ClN4O2S. The number of hydrogen-bond acceptors (Lipinski definition) is 4. The zero-order valence-electron chi connectivity index (χ0n) is 13.4. The molecule has 0 unspecified atom stereocenters. The first-order valence-electron chi connectivity index (χ1n) is 8.08. The highest BCUT2D eigenvalue weighted by molar-refractivity contribution is 7.99. The van der Waals surface area contributed by atoms with Crippen molar-refractivity contribution in [2.24, 2.45) is 0 Å². The monoisotopic (exact) mass is 368 g/mol. The minimum Gasteiger partial charge on any atom is -0.368 e. The van der Waals surface area contributed by atoms with Crippen molar-refractivity contribution in [3.05, 3.63) is 23.2 Å². The molecule has 1 aromatic carbocycles. The van der Waals surface area contributed by atoms with Crippen LogP contribution in [0.5, 0.6) is 0 Å². The summed E-state index contributed by atoms with van der Waals surface area (Å²) in [4.78, 5) is 27.9. The van der Waals surface area contributed by atoms with Gasteiger partial charge in [-0.25, -0.2) is 4.79 Å². The Bertz CT molecular complexity index is 622. The van der Waals surface area contributed by atoms with Gasteiger partial charge in [-0.05, 0) is 18.2 Å². The molecule has 0 aromatic heterocycles. The fourth-order valence-electron chi connectivity index (χ4n) is 2.85. The number of urea groups is 1. The van der Waals surface area contributed by atoms with E-state index in [0.717, 1.165) is 36.0 Å². The molecule has 2 aliphatic rings. The van der Waals surface area contributed by atoms with Gasteiger partial charge >= 0.3 is 6.03 Å². The van der Waals surface area contributed by atoms with E-state index in [1.807, 2.05) is 23.9 Å². The van der Waals surface area contributed by atoms with Crippen LogP contribution in [0.1, 0.15) is 6.42 Å². The van der Waals surface area contributed by atoms with Crippen molar-refractivity contribution in [1.29, 1.82) is 0 Å². The second-order valence-corrected chi connectivity index (χ2v) is 7.44. The van der Waals surface area contributed by atoms with Crippen LogP contribution in [0.2, 0.25) is 5.02 Å². The Hall–Kier alpha value is -1.60. The smallest absolute Gasteiger partial charge is 0.321 e. The summed E-state index contributed by atoms with van der Waals surface area (Å²) in [5.41, 5.74) is 1.72. The number of halogens is 1. The van der Waals surface area contributed by atoms with Gasteiger partial charge in [-0.15, -0.1) is 0 Å². The lowest BCUT2D eigenvalue weighted by Crippen LogP contribution is -2.38. The minimum atomic E-state index is -0.193. The maximum atomic E-state index is 12.6. The molecule has 1 aromatic rings. The molecule has 8 heteroatoms. The topological polar surface area (TPSA) is 64.7 Å². The quantitative estimate of drug-likeness (QED) is 0.840. The highest BCUT2D eigenvalue weighted by Gasteiger charge is 2.21. The molecule has 3 rings (SSSR count). The van der Waals surface area contributed by atoms with Crippen molar-refractivity contribution in [1.82, 2.24) is 10.2 Å². The number of amides is 3. The van der Waals surface area contributed by atoms with Crippen molar-refractivity contribution < 1.29 is 9.59 Å². The van der Waals surface area contributed by atoms with Crippen LogP contribution in [-0.4, -0.2) is 61.1 Å². The van der Waals surface area contributed by atoms with Crippen LogP contribution in [-0.2, 0) is 4.79 Å². The van der Waals surface area contributed by atoms with Crippen molar-refractivity contribution in [2.45, 2.75) is 6.42 Å². The standard InChI is InChI=1S/C16H21ClN4O2S/c17-12-1-2-14(20-7-9-24-10-8-20)13(11-12)19-16(23)21-5-3-15(22)18-4-6-21/h1-2,11H,3-10H2,(H,18,22)(H,19,23). The number of thioether (sulfide) groups is 1. The first-order chi connectivity index (χ1) is 11.6. The van der Waals surface area contributed by atoms with Gasteiger partial charge in [-0.3, -0.25) is 4.79 Å². The number of hydrogen-bond donors (Lipinski definition) is 2. The summed E-state index contributed by atoms with van der Waals surface area (Å²) in [5, 5.41) is 6.34. The Kier molecular flexibility index (Phi) is 5.73. The summed E-state index contributed by atoms with van der Waals surface area (Å²) >= 11 is 8.07. The van der Waals surface area contributed by atoms with Crippen LogP contribution in [0.4, 0.5) is 16.2 Å². The van der Waals surface area contributed by atoms with E-state index in [0.29, 0.717) is 31.1 Å². The summed E-state index contributed by atoms with van der Waals surface area (Å²) < 4.78 is 0. The Labute approximate surface area is 150 Å². The van der Waals surface area contributed by atoms with Gasteiger partial charge < -0.3 is 20.4 Å². The van der Waals surface area contributed by atoms with Gasteiger partial charge in [0.15, 0.2) is 0 Å². The number of anilines is 2. The predicted molar refractivity (Wildman–Crippen MR) is 99.2 cm³/mol. The van der Waals surface area contributed by atoms with Crippen molar-refractivity contribution >= 4 is 46.7 Å². The molecule has 3 amide bonds. The van der Waals surface area contributed by atoms with E-state index >= 15 is 0 Å². The average Bonchev–Trinajstić information content (AvgIpc) is 2.80. The van der Waals surface area contributed by atoms with E-state index in [9.17, 15) is 9.59 Å². The predicted octanol–water partition coefficient (Wildman–Crippen LogP) is 2.25. The second-order valence-electron chi connectivity index (χ2n) is 5.78. The van der Waals surface area contributed by atoms with Crippen LogP contribution in [0.25, 0.3) is 0 Å². The minimum absolute atomic E-state index is 0.0143. The molecule has 2 N–H and O–H groups in total. The number of carbonyl (C=O) groups is 2. The van der Waals surface area contributed by atoms with E-state index in [1.54, 1.807) is 11.0 Å². The van der Waals surface area contributed by atoms with Crippen molar-refractivity contribution in [3.8, 4) is 0 Å². The van der Waals surface area contributed by atoms with Crippen LogP contribution in [0.15, 0.2) is 18.2 Å². The molecule has 0 radical (unpaired) electrons. The molecule has 0 atom stereocenters. The number of carbonyl (C=O) groups excluding carboxylic acids is 2. The maximum absolute atomic E-state index is 12.6. The molecular weight excluding hydrogens is 348 g/mol. The molecule has 2 aliphatic heterocycles. The van der Waals surface area contributed by atoms with Gasteiger partial charge in [0.05, 0.1) is 11.4 Å². The zero-order chi connectivity index (χ0) is 16.9. The first-order valence-corrected chi connectivity index (χ1v) is 9.61. The molecule has 2 saturated heterocycles. The Morgan fingerprint density at radius 3 is 2.79 bits per heavy atom. The van der Waals surface area contributed by atoms with Gasteiger partial charge in [0.2, 0.25) is 5.91 Å². The van der Waals surface area contributed by atoms with E-state index in [4.69, 9.17) is 11.6 Å². The molecule has 0 aliphatic carbocycles. The van der Waals surface area contributed by atoms with Gasteiger partial charge in [0.1, 0.15) is 0 Å². The number of nitrogens with one attached hydrogen (secondary N) is 2. The van der Waals surface area contributed by atoms with Crippen LogP contribution in [0, 0.1) is 0 Å². The Morgan fingerprint density at radius 1 is 1.21 bits per heavy atom. The lowest BCUT2D eigenvalue weighted by atomic mass is 10.2. The van der Waals surface area contributed by atoms with E-state index in [2.05, 4.69) is 15.5 Å². The number of rotatable bonds is 2. The molecule has 0 bridgehead atoms. The second kappa shape index (κ2) is 7.98. The highest BCUT2D eigenvalue weighted by atomic mass is 35.5. The van der Waals surface area contributed by atoms with Gasteiger partial charge in [-0.2, -0.15) is 11.8 Å². The Balaban J connectivity index is 1.74. The molecule has 2 fully saturated rings. The van der Waals surface area contributed by atoms with Crippen LogP contribution >= 0.6 is 23.4 Å². The van der Waals surface area contributed by atoms with E-state index in [1.165, 1.54) is 0 Å². The molecule has 0 saturated carbocycles. The summed E-state index contributed by atoms with van der Waals surface area (Å²) in [6.45, 7) is 3.33.